The van der Waals surface area contributed by atoms with E-state index >= 15 is 0 Å². The van der Waals surface area contributed by atoms with Gasteiger partial charge in [0.15, 0.2) is 0 Å². The Balaban J connectivity index is 1.48. The number of pyridine rings is 2. The Morgan fingerprint density at radius 3 is 2.19 bits per heavy atom. The van der Waals surface area contributed by atoms with Crippen LogP contribution in [0.2, 0.25) is 0 Å². The summed E-state index contributed by atoms with van der Waals surface area (Å²) in [5, 5.41) is 8.61. The fraction of sp³-hybridized carbons (Fsp3) is 0.0968. The number of fused-ring (bicyclic) bond motifs is 1. The Kier molecular flexibility index (Phi) is 8.30. The second-order valence-corrected chi connectivity index (χ2v) is 10.2. The molecule has 42 heavy (non-hydrogen) atoms. The summed E-state index contributed by atoms with van der Waals surface area (Å²) in [6.45, 7) is 2.16. The molecule has 4 amide bonds. The lowest BCUT2D eigenvalue weighted by molar-refractivity contribution is 0.257. The number of anilines is 4. The molecule has 5 rings (SSSR count). The number of halogens is 2. The van der Waals surface area contributed by atoms with Crippen LogP contribution in [-0.4, -0.2) is 28.7 Å². The number of carbonyl (C=O) groups excluding carboxylic acids is 2. The third-order valence-electron chi connectivity index (χ3n) is 6.58. The molecule has 2 aromatic heterocycles. The third-order valence-corrected chi connectivity index (χ3v) is 7.24. The van der Waals surface area contributed by atoms with Crippen LogP contribution in [0.3, 0.4) is 0 Å². The first-order chi connectivity index (χ1) is 20.2. The molecule has 3 N–H and O–H groups in total. The average Bonchev–Trinajstić information content (AvgIpc) is 2.99. The number of hydrogen-bond donors (Lipinski definition) is 3. The third kappa shape index (κ3) is 6.01. The quantitative estimate of drug-likeness (QED) is 0.183. The van der Waals surface area contributed by atoms with E-state index in [1.165, 1.54) is 17.0 Å². The molecule has 0 saturated heterocycles. The normalized spacial score (nSPS) is 10.8. The van der Waals surface area contributed by atoms with Crippen LogP contribution in [-0.2, 0) is 6.54 Å². The van der Waals surface area contributed by atoms with E-state index in [9.17, 15) is 18.8 Å². The maximum Gasteiger partial charge on any atom is 0.327 e. The van der Waals surface area contributed by atoms with Gasteiger partial charge in [0, 0.05) is 58.2 Å². The van der Waals surface area contributed by atoms with Crippen molar-refractivity contribution in [3.05, 3.63) is 112 Å². The van der Waals surface area contributed by atoms with E-state index < -0.39 is 11.8 Å². The van der Waals surface area contributed by atoms with E-state index in [-0.39, 0.29) is 22.8 Å². The number of nitrogens with one attached hydrogen (secondary N) is 3. The van der Waals surface area contributed by atoms with Crippen LogP contribution >= 0.6 is 15.9 Å². The topological polar surface area (TPSA) is 108 Å². The number of aromatic nitrogens is 2. The van der Waals surface area contributed by atoms with Gasteiger partial charge in [-0.2, -0.15) is 0 Å². The van der Waals surface area contributed by atoms with Crippen LogP contribution in [0.1, 0.15) is 6.92 Å². The van der Waals surface area contributed by atoms with Gasteiger partial charge in [-0.15, -0.1) is 0 Å². The van der Waals surface area contributed by atoms with E-state index in [2.05, 4.69) is 36.9 Å². The molecule has 2 heterocycles. The Labute approximate surface area is 249 Å². The summed E-state index contributed by atoms with van der Waals surface area (Å²) in [6.07, 6.45) is 1.58. The Bertz CT molecular complexity index is 1850. The minimum Gasteiger partial charge on any atom is -0.308 e. The van der Waals surface area contributed by atoms with Gasteiger partial charge in [-0.1, -0.05) is 52.3 Å². The maximum atomic E-state index is 14.9. The van der Waals surface area contributed by atoms with Gasteiger partial charge in [0.05, 0.1) is 11.2 Å². The molecule has 0 radical (unpaired) electrons. The van der Waals surface area contributed by atoms with Crippen LogP contribution in [0.15, 0.2) is 100 Å². The largest absolute Gasteiger partial charge is 0.327 e. The van der Waals surface area contributed by atoms with Crippen molar-refractivity contribution >= 4 is 61.8 Å². The van der Waals surface area contributed by atoms with Crippen LogP contribution in [0.5, 0.6) is 0 Å². The first-order valence-electron chi connectivity index (χ1n) is 13.0. The second-order valence-electron chi connectivity index (χ2n) is 9.32. The molecule has 0 unspecified atom stereocenters. The van der Waals surface area contributed by atoms with Crippen molar-refractivity contribution in [2.24, 2.45) is 0 Å². The highest BCUT2D eigenvalue weighted by Gasteiger charge is 2.19. The summed E-state index contributed by atoms with van der Waals surface area (Å²) in [5.41, 5.74) is 2.02. The number of para-hydroxylation sites is 2. The minimum absolute atomic E-state index is 0.0938. The number of nitrogens with zero attached hydrogens (tertiary/aromatic N) is 3. The van der Waals surface area contributed by atoms with Gasteiger partial charge in [-0.3, -0.25) is 9.69 Å². The summed E-state index contributed by atoms with van der Waals surface area (Å²) in [5.74, 6) is -0.322. The predicted octanol–water partition coefficient (Wildman–Crippen LogP) is 7.30. The fourth-order valence-corrected chi connectivity index (χ4v) is 4.97. The number of benzene rings is 3. The highest BCUT2D eigenvalue weighted by atomic mass is 79.9. The summed E-state index contributed by atoms with van der Waals surface area (Å²) in [4.78, 5) is 44.9. The average molecular weight is 629 g/mol. The number of urea groups is 2. The molecule has 0 atom stereocenters. The lowest BCUT2D eigenvalue weighted by Gasteiger charge is -2.19. The smallest absolute Gasteiger partial charge is 0.308 e. The van der Waals surface area contributed by atoms with Gasteiger partial charge in [0.25, 0.3) is 5.56 Å². The summed E-state index contributed by atoms with van der Waals surface area (Å²) in [7, 11) is 1.59. The molecular weight excluding hydrogens is 603 g/mol. The summed E-state index contributed by atoms with van der Waals surface area (Å²) in [6, 6.07) is 22.7. The zero-order valence-corrected chi connectivity index (χ0v) is 24.3. The number of aryl methyl sites for hydroxylation is 1. The monoisotopic (exact) mass is 628 g/mol. The van der Waals surface area contributed by atoms with Gasteiger partial charge >= 0.3 is 12.1 Å². The summed E-state index contributed by atoms with van der Waals surface area (Å²) >= 11 is 3.37. The molecule has 0 aliphatic heterocycles. The molecule has 0 spiro atoms. The SMILES string of the molecule is CCn1c(=O)c(-c2cc(NC(=O)Nc3ccccc3)c(F)cc2Br)cc2cnc(N(C)C(=O)Nc3ccccc3)cc21. The molecular formula is C31H26BrFN6O3. The van der Waals surface area contributed by atoms with E-state index in [1.807, 2.05) is 31.2 Å². The molecule has 3 aromatic carbocycles. The van der Waals surface area contributed by atoms with Crippen molar-refractivity contribution in [2.75, 3.05) is 27.9 Å². The fourth-order valence-electron chi connectivity index (χ4n) is 4.44. The van der Waals surface area contributed by atoms with Crippen molar-refractivity contribution in [1.29, 1.82) is 0 Å². The van der Waals surface area contributed by atoms with Crippen molar-refractivity contribution in [1.82, 2.24) is 9.55 Å². The van der Waals surface area contributed by atoms with Gasteiger partial charge in [-0.05, 0) is 49.4 Å². The summed E-state index contributed by atoms with van der Waals surface area (Å²) < 4.78 is 16.8. The Hall–Kier alpha value is -5.03. The van der Waals surface area contributed by atoms with Crippen molar-refractivity contribution in [2.45, 2.75) is 13.5 Å². The maximum absolute atomic E-state index is 14.9. The minimum atomic E-state index is -0.673. The number of amides is 4. The highest BCUT2D eigenvalue weighted by Crippen LogP contribution is 2.33. The van der Waals surface area contributed by atoms with Crippen LogP contribution in [0.4, 0.5) is 36.9 Å². The van der Waals surface area contributed by atoms with E-state index in [4.69, 9.17) is 0 Å². The van der Waals surface area contributed by atoms with Crippen LogP contribution in [0.25, 0.3) is 22.0 Å². The number of hydrogen-bond acceptors (Lipinski definition) is 4. The van der Waals surface area contributed by atoms with E-state index in [0.717, 1.165) is 0 Å². The molecule has 0 aliphatic carbocycles. The van der Waals surface area contributed by atoms with Gasteiger partial charge in [-0.25, -0.2) is 19.0 Å². The van der Waals surface area contributed by atoms with E-state index in [0.29, 0.717) is 44.7 Å². The van der Waals surface area contributed by atoms with Crippen molar-refractivity contribution in [3.63, 3.8) is 0 Å². The zero-order chi connectivity index (χ0) is 29.8. The van der Waals surface area contributed by atoms with Crippen molar-refractivity contribution < 1.29 is 14.0 Å². The zero-order valence-electron chi connectivity index (χ0n) is 22.7. The molecule has 0 aliphatic rings. The molecule has 0 fully saturated rings. The molecule has 5 aromatic rings. The van der Waals surface area contributed by atoms with Crippen LogP contribution < -0.4 is 26.4 Å². The van der Waals surface area contributed by atoms with Gasteiger partial charge in [0.1, 0.15) is 11.6 Å². The Morgan fingerprint density at radius 2 is 1.55 bits per heavy atom. The second kappa shape index (κ2) is 12.2. The molecule has 0 saturated carbocycles. The van der Waals surface area contributed by atoms with Crippen molar-refractivity contribution in [3.8, 4) is 11.1 Å². The molecule has 0 bridgehead atoms. The standard InChI is InChI=1S/C31H26BrFN6O3/c1-3-39-27-17-28(38(2)31(42)36-21-12-8-5-9-13-21)34-18-19(27)14-23(29(39)40)22-15-26(25(33)16-24(22)32)37-30(41)35-20-10-6-4-7-11-20/h4-18H,3H2,1-2H3,(H,36,42)(H2,35,37,41). The predicted molar refractivity (Wildman–Crippen MR) is 168 cm³/mol. The van der Waals surface area contributed by atoms with Gasteiger partial charge in [0.2, 0.25) is 0 Å². The molecule has 9 nitrogen and oxygen atoms in total. The van der Waals surface area contributed by atoms with E-state index in [1.54, 1.807) is 66.3 Å². The number of carbonyl (C=O) groups is 2. The van der Waals surface area contributed by atoms with Gasteiger partial charge < -0.3 is 20.5 Å². The lowest BCUT2D eigenvalue weighted by Crippen LogP contribution is -2.32. The first-order valence-corrected chi connectivity index (χ1v) is 13.8. The Morgan fingerprint density at radius 1 is 0.905 bits per heavy atom. The highest BCUT2D eigenvalue weighted by molar-refractivity contribution is 9.10. The molecule has 212 valence electrons. The van der Waals surface area contributed by atoms with Crippen LogP contribution in [0, 0.1) is 5.82 Å². The number of rotatable bonds is 6. The first kappa shape index (κ1) is 28.5. The molecule has 11 heteroatoms. The lowest BCUT2D eigenvalue weighted by atomic mass is 10.0.